The van der Waals surface area contributed by atoms with Crippen LogP contribution >= 0.6 is 11.3 Å². The number of rotatable bonds is 4. The standard InChI is InChI=1S/C18H19N3O2S/c1-10-15-11(2)20-12(3)21-18(15)24-16(10)17(23)19-9-8-13-4-6-14(22)7-5-13/h4-7,22H,8-9H2,1-3H3,(H,19,23). The number of aromatic hydroxyl groups is 1. The number of phenolic OH excluding ortho intramolecular Hbond substituents is 1. The van der Waals surface area contributed by atoms with E-state index in [-0.39, 0.29) is 11.7 Å². The van der Waals surface area contributed by atoms with Crippen molar-refractivity contribution in [1.29, 1.82) is 0 Å². The van der Waals surface area contributed by atoms with Crippen molar-refractivity contribution in [2.45, 2.75) is 27.2 Å². The van der Waals surface area contributed by atoms with Crippen molar-refractivity contribution in [3.63, 3.8) is 0 Å². The SMILES string of the molecule is Cc1nc(C)c2c(C)c(C(=O)NCCc3ccc(O)cc3)sc2n1. The van der Waals surface area contributed by atoms with Gasteiger partial charge in [-0.2, -0.15) is 0 Å². The van der Waals surface area contributed by atoms with Crippen LogP contribution in [0, 0.1) is 20.8 Å². The second kappa shape index (κ2) is 6.57. The molecule has 0 bridgehead atoms. The molecule has 124 valence electrons. The van der Waals surface area contributed by atoms with E-state index in [0.717, 1.165) is 32.9 Å². The summed E-state index contributed by atoms with van der Waals surface area (Å²) in [4.78, 5) is 22.9. The van der Waals surface area contributed by atoms with Crippen LogP contribution in [0.5, 0.6) is 5.75 Å². The Morgan fingerprint density at radius 1 is 1.17 bits per heavy atom. The number of aromatic nitrogens is 2. The van der Waals surface area contributed by atoms with Gasteiger partial charge in [-0.05, 0) is 50.5 Å². The van der Waals surface area contributed by atoms with E-state index >= 15 is 0 Å². The third kappa shape index (κ3) is 3.23. The molecule has 0 saturated carbocycles. The van der Waals surface area contributed by atoms with E-state index in [4.69, 9.17) is 0 Å². The third-order valence-corrected chi connectivity index (χ3v) is 5.11. The molecular formula is C18H19N3O2S. The summed E-state index contributed by atoms with van der Waals surface area (Å²) < 4.78 is 0. The molecule has 1 aromatic carbocycles. The van der Waals surface area contributed by atoms with Crippen molar-refractivity contribution in [2.24, 2.45) is 0 Å². The van der Waals surface area contributed by atoms with Gasteiger partial charge in [0.1, 0.15) is 16.4 Å². The largest absolute Gasteiger partial charge is 0.508 e. The number of amides is 1. The summed E-state index contributed by atoms with van der Waals surface area (Å²) in [5.41, 5.74) is 2.92. The Bertz CT molecular complexity index is 901. The molecular weight excluding hydrogens is 322 g/mol. The average Bonchev–Trinajstić information content (AvgIpc) is 2.86. The Morgan fingerprint density at radius 3 is 2.58 bits per heavy atom. The van der Waals surface area contributed by atoms with E-state index in [0.29, 0.717) is 17.8 Å². The molecule has 2 aromatic heterocycles. The van der Waals surface area contributed by atoms with Crippen LogP contribution in [0.2, 0.25) is 0 Å². The number of carbonyl (C=O) groups excluding carboxylic acids is 1. The molecule has 0 fully saturated rings. The second-order valence-electron chi connectivity index (χ2n) is 5.76. The van der Waals surface area contributed by atoms with Gasteiger partial charge in [-0.15, -0.1) is 11.3 Å². The van der Waals surface area contributed by atoms with Crippen LogP contribution in [0.15, 0.2) is 24.3 Å². The maximum absolute atomic E-state index is 12.5. The smallest absolute Gasteiger partial charge is 0.261 e. The summed E-state index contributed by atoms with van der Waals surface area (Å²) in [7, 11) is 0. The first-order valence-electron chi connectivity index (χ1n) is 7.76. The summed E-state index contributed by atoms with van der Waals surface area (Å²) in [6.07, 6.45) is 0.716. The van der Waals surface area contributed by atoms with Crippen molar-refractivity contribution < 1.29 is 9.90 Å². The minimum absolute atomic E-state index is 0.0775. The van der Waals surface area contributed by atoms with E-state index in [9.17, 15) is 9.90 Å². The highest BCUT2D eigenvalue weighted by molar-refractivity contribution is 7.20. The van der Waals surface area contributed by atoms with Crippen LogP contribution in [0.4, 0.5) is 0 Å². The quantitative estimate of drug-likeness (QED) is 0.763. The predicted molar refractivity (Wildman–Crippen MR) is 95.8 cm³/mol. The van der Waals surface area contributed by atoms with Crippen molar-refractivity contribution in [3.8, 4) is 5.75 Å². The fourth-order valence-corrected chi connectivity index (χ4v) is 3.95. The van der Waals surface area contributed by atoms with Crippen LogP contribution in [0.1, 0.15) is 32.3 Å². The van der Waals surface area contributed by atoms with Crippen LogP contribution in [-0.4, -0.2) is 27.5 Å². The van der Waals surface area contributed by atoms with Gasteiger partial charge < -0.3 is 10.4 Å². The molecule has 0 aliphatic rings. The summed E-state index contributed by atoms with van der Waals surface area (Å²) >= 11 is 1.41. The minimum atomic E-state index is -0.0775. The van der Waals surface area contributed by atoms with E-state index < -0.39 is 0 Å². The molecule has 0 saturated heterocycles. The van der Waals surface area contributed by atoms with E-state index in [1.54, 1.807) is 12.1 Å². The molecule has 0 aliphatic carbocycles. The maximum atomic E-state index is 12.5. The van der Waals surface area contributed by atoms with Gasteiger partial charge in [-0.25, -0.2) is 9.97 Å². The molecule has 3 rings (SSSR count). The predicted octanol–water partition coefficient (Wildman–Crippen LogP) is 3.29. The van der Waals surface area contributed by atoms with Crippen LogP contribution in [0.25, 0.3) is 10.2 Å². The van der Waals surface area contributed by atoms with E-state index in [1.807, 2.05) is 32.9 Å². The fourth-order valence-electron chi connectivity index (χ4n) is 2.75. The highest BCUT2D eigenvalue weighted by Crippen LogP contribution is 2.31. The van der Waals surface area contributed by atoms with Gasteiger partial charge in [0.15, 0.2) is 0 Å². The van der Waals surface area contributed by atoms with E-state index in [2.05, 4.69) is 15.3 Å². The monoisotopic (exact) mass is 341 g/mol. The zero-order valence-corrected chi connectivity index (χ0v) is 14.7. The average molecular weight is 341 g/mol. The normalized spacial score (nSPS) is 11.0. The Morgan fingerprint density at radius 2 is 1.88 bits per heavy atom. The van der Waals surface area contributed by atoms with Gasteiger partial charge in [0, 0.05) is 17.6 Å². The molecule has 0 atom stereocenters. The van der Waals surface area contributed by atoms with Crippen molar-refractivity contribution in [3.05, 3.63) is 51.8 Å². The number of phenols is 1. The van der Waals surface area contributed by atoms with Crippen molar-refractivity contribution in [2.75, 3.05) is 6.54 Å². The van der Waals surface area contributed by atoms with Gasteiger partial charge in [-0.3, -0.25) is 4.79 Å². The summed E-state index contributed by atoms with van der Waals surface area (Å²) in [6.45, 7) is 6.29. The van der Waals surface area contributed by atoms with Crippen LogP contribution < -0.4 is 5.32 Å². The number of thiophene rings is 1. The summed E-state index contributed by atoms with van der Waals surface area (Å²) in [5.74, 6) is 0.891. The first-order valence-corrected chi connectivity index (χ1v) is 8.58. The second-order valence-corrected chi connectivity index (χ2v) is 6.76. The molecule has 5 nitrogen and oxygen atoms in total. The topological polar surface area (TPSA) is 75.1 Å². The molecule has 3 aromatic rings. The van der Waals surface area contributed by atoms with E-state index in [1.165, 1.54) is 11.3 Å². The van der Waals surface area contributed by atoms with Gasteiger partial charge in [-0.1, -0.05) is 12.1 Å². The van der Waals surface area contributed by atoms with Crippen molar-refractivity contribution >= 4 is 27.5 Å². The fraction of sp³-hybridized carbons (Fsp3) is 0.278. The highest BCUT2D eigenvalue weighted by atomic mass is 32.1. The number of aryl methyl sites for hydroxylation is 3. The van der Waals surface area contributed by atoms with Crippen molar-refractivity contribution in [1.82, 2.24) is 15.3 Å². The molecule has 24 heavy (non-hydrogen) atoms. The van der Waals surface area contributed by atoms with Gasteiger partial charge in [0.05, 0.1) is 4.88 Å². The number of nitrogens with zero attached hydrogens (tertiary/aromatic N) is 2. The molecule has 0 unspecified atom stereocenters. The summed E-state index contributed by atoms with van der Waals surface area (Å²) in [5, 5.41) is 13.2. The third-order valence-electron chi connectivity index (χ3n) is 3.92. The van der Waals surface area contributed by atoms with Gasteiger partial charge in [0.2, 0.25) is 0 Å². The van der Waals surface area contributed by atoms with Gasteiger partial charge in [0.25, 0.3) is 5.91 Å². The molecule has 0 spiro atoms. The number of nitrogens with one attached hydrogen (secondary N) is 1. The Hall–Kier alpha value is -2.47. The zero-order valence-electron chi connectivity index (χ0n) is 13.9. The molecule has 2 N–H and O–H groups in total. The zero-order chi connectivity index (χ0) is 17.3. The van der Waals surface area contributed by atoms with Gasteiger partial charge >= 0.3 is 0 Å². The Kier molecular flexibility index (Phi) is 4.49. The molecule has 0 aliphatic heterocycles. The lowest BCUT2D eigenvalue weighted by atomic mass is 10.1. The lowest BCUT2D eigenvalue weighted by Crippen LogP contribution is -2.25. The number of hydrogen-bond acceptors (Lipinski definition) is 5. The number of carbonyl (C=O) groups is 1. The summed E-state index contributed by atoms with van der Waals surface area (Å²) in [6, 6.07) is 7.01. The number of benzene rings is 1. The number of fused-ring (bicyclic) bond motifs is 1. The first-order chi connectivity index (χ1) is 11.5. The van der Waals surface area contributed by atoms with Crippen LogP contribution in [0.3, 0.4) is 0 Å². The molecule has 1 amide bonds. The number of hydrogen-bond donors (Lipinski definition) is 2. The molecule has 0 radical (unpaired) electrons. The highest BCUT2D eigenvalue weighted by Gasteiger charge is 2.18. The lowest BCUT2D eigenvalue weighted by molar-refractivity contribution is 0.0957. The lowest BCUT2D eigenvalue weighted by Gasteiger charge is -2.05. The molecule has 2 heterocycles. The first kappa shape index (κ1) is 16.4. The maximum Gasteiger partial charge on any atom is 0.261 e. The van der Waals surface area contributed by atoms with Crippen LogP contribution in [-0.2, 0) is 6.42 Å². The minimum Gasteiger partial charge on any atom is -0.508 e. The molecule has 6 heteroatoms. The Labute approximate surface area is 144 Å². The Balaban J connectivity index is 1.73.